The Morgan fingerprint density at radius 1 is 1.21 bits per heavy atom. The minimum absolute atomic E-state index is 0.333. The van der Waals surface area contributed by atoms with Crippen molar-refractivity contribution in [3.8, 4) is 5.75 Å². The van der Waals surface area contributed by atoms with E-state index >= 15 is 0 Å². The quantitative estimate of drug-likeness (QED) is 0.884. The first kappa shape index (κ1) is 12.9. The van der Waals surface area contributed by atoms with Crippen LogP contribution in [-0.4, -0.2) is 25.9 Å². The molecule has 2 fully saturated rings. The molecule has 1 heterocycles. The van der Waals surface area contributed by atoms with Gasteiger partial charge in [0.2, 0.25) is 0 Å². The van der Waals surface area contributed by atoms with E-state index in [1.807, 2.05) is 7.05 Å². The molecule has 104 valence electrons. The highest BCUT2D eigenvalue weighted by atomic mass is 16.5. The predicted octanol–water partition coefficient (Wildman–Crippen LogP) is 2.91. The Labute approximate surface area is 115 Å². The highest BCUT2D eigenvalue weighted by Gasteiger charge is 2.32. The highest BCUT2D eigenvalue weighted by Crippen LogP contribution is 2.34. The maximum absolute atomic E-state index is 5.80. The van der Waals surface area contributed by atoms with Crippen LogP contribution in [0, 0.1) is 5.92 Å². The van der Waals surface area contributed by atoms with Gasteiger partial charge in [0.25, 0.3) is 0 Å². The van der Waals surface area contributed by atoms with Gasteiger partial charge < -0.3 is 14.8 Å². The number of ether oxygens (including phenoxy) is 2. The first-order valence-electron chi connectivity index (χ1n) is 7.33. The molecule has 1 N–H and O–H groups in total. The maximum Gasteiger partial charge on any atom is 0.119 e. The zero-order chi connectivity index (χ0) is 13.2. The fourth-order valence-corrected chi connectivity index (χ4v) is 2.95. The van der Waals surface area contributed by atoms with Gasteiger partial charge in [-0.1, -0.05) is 12.1 Å². The van der Waals surface area contributed by atoms with Gasteiger partial charge in [0, 0.05) is 18.6 Å². The molecule has 0 bridgehead atoms. The minimum atomic E-state index is 0.333. The predicted molar refractivity (Wildman–Crippen MR) is 75.4 cm³/mol. The van der Waals surface area contributed by atoms with Gasteiger partial charge in [-0.2, -0.15) is 0 Å². The molecule has 3 heteroatoms. The van der Waals surface area contributed by atoms with Crippen molar-refractivity contribution in [2.75, 3.05) is 13.7 Å². The Hall–Kier alpha value is -1.06. The second-order valence-electron chi connectivity index (χ2n) is 5.68. The van der Waals surface area contributed by atoms with Crippen LogP contribution >= 0.6 is 0 Å². The lowest BCUT2D eigenvalue weighted by Gasteiger charge is -2.26. The van der Waals surface area contributed by atoms with E-state index in [2.05, 4.69) is 36.5 Å². The van der Waals surface area contributed by atoms with Crippen LogP contribution in [0.15, 0.2) is 24.3 Å². The van der Waals surface area contributed by atoms with Gasteiger partial charge in [0.15, 0.2) is 0 Å². The molecule has 1 aliphatic carbocycles. The first-order valence-corrected chi connectivity index (χ1v) is 7.33. The zero-order valence-corrected chi connectivity index (χ0v) is 11.8. The van der Waals surface area contributed by atoms with Crippen molar-refractivity contribution >= 4 is 0 Å². The van der Waals surface area contributed by atoms with Crippen molar-refractivity contribution < 1.29 is 9.47 Å². The summed E-state index contributed by atoms with van der Waals surface area (Å²) >= 11 is 0. The zero-order valence-electron chi connectivity index (χ0n) is 11.8. The summed E-state index contributed by atoms with van der Waals surface area (Å²) in [5.74, 6) is 1.55. The molecule has 0 spiro atoms. The number of benzene rings is 1. The maximum atomic E-state index is 5.80. The van der Waals surface area contributed by atoms with Gasteiger partial charge in [-0.15, -0.1) is 0 Å². The molecule has 0 radical (unpaired) electrons. The molecule has 1 aromatic rings. The van der Waals surface area contributed by atoms with Gasteiger partial charge in [-0.05, 0) is 50.9 Å². The van der Waals surface area contributed by atoms with Crippen molar-refractivity contribution in [1.29, 1.82) is 0 Å². The molecule has 0 amide bonds. The molecule has 3 unspecified atom stereocenters. The van der Waals surface area contributed by atoms with E-state index in [-0.39, 0.29) is 0 Å². The summed E-state index contributed by atoms with van der Waals surface area (Å²) < 4.78 is 11.5. The molecular weight excluding hydrogens is 238 g/mol. The van der Waals surface area contributed by atoms with E-state index in [0.717, 1.165) is 18.8 Å². The molecular formula is C16H23NO2. The summed E-state index contributed by atoms with van der Waals surface area (Å²) in [5, 5.41) is 3.44. The summed E-state index contributed by atoms with van der Waals surface area (Å²) in [5.41, 5.74) is 1.33. The van der Waals surface area contributed by atoms with E-state index in [0.29, 0.717) is 24.2 Å². The van der Waals surface area contributed by atoms with Crippen molar-refractivity contribution in [1.82, 2.24) is 5.32 Å². The van der Waals surface area contributed by atoms with Gasteiger partial charge in [-0.3, -0.25) is 0 Å². The fraction of sp³-hybridized carbons (Fsp3) is 0.625. The van der Waals surface area contributed by atoms with Crippen LogP contribution < -0.4 is 10.1 Å². The van der Waals surface area contributed by atoms with Crippen LogP contribution in [0.1, 0.15) is 37.8 Å². The largest absolute Gasteiger partial charge is 0.490 e. The Bertz CT molecular complexity index is 413. The summed E-state index contributed by atoms with van der Waals surface area (Å²) in [6.45, 7) is 3.06. The minimum Gasteiger partial charge on any atom is -0.490 e. The molecule has 3 atom stereocenters. The molecule has 1 saturated carbocycles. The Kier molecular flexibility index (Phi) is 3.76. The third kappa shape index (κ3) is 2.93. The Balaban J connectivity index is 1.71. The van der Waals surface area contributed by atoms with Gasteiger partial charge in [0.05, 0.1) is 12.2 Å². The molecule has 3 nitrogen and oxygen atoms in total. The second-order valence-corrected chi connectivity index (χ2v) is 5.68. The normalized spacial score (nSPS) is 28.3. The molecule has 1 saturated heterocycles. The van der Waals surface area contributed by atoms with Gasteiger partial charge in [0.1, 0.15) is 5.75 Å². The topological polar surface area (TPSA) is 30.5 Å². The van der Waals surface area contributed by atoms with Crippen LogP contribution in [0.3, 0.4) is 0 Å². The Morgan fingerprint density at radius 2 is 1.95 bits per heavy atom. The number of hydrogen-bond acceptors (Lipinski definition) is 3. The highest BCUT2D eigenvalue weighted by molar-refractivity contribution is 5.30. The number of rotatable bonds is 5. The fourth-order valence-electron chi connectivity index (χ4n) is 2.95. The summed E-state index contributed by atoms with van der Waals surface area (Å²) in [6.07, 6.45) is 4.34. The van der Waals surface area contributed by atoms with Crippen LogP contribution in [-0.2, 0) is 4.74 Å². The van der Waals surface area contributed by atoms with Crippen LogP contribution in [0.4, 0.5) is 0 Å². The van der Waals surface area contributed by atoms with E-state index in [9.17, 15) is 0 Å². The lowest BCUT2D eigenvalue weighted by molar-refractivity contribution is 0.0963. The summed E-state index contributed by atoms with van der Waals surface area (Å²) in [7, 11) is 2.03. The van der Waals surface area contributed by atoms with Crippen molar-refractivity contribution in [3.05, 3.63) is 29.8 Å². The van der Waals surface area contributed by atoms with Crippen LogP contribution in [0.5, 0.6) is 5.75 Å². The van der Waals surface area contributed by atoms with Crippen LogP contribution in [0.2, 0.25) is 0 Å². The standard InChI is InChI=1S/C16H23NO2/c1-11-15(9-10-18-11)16(17-2)12-3-5-13(6-4-12)19-14-7-8-14/h3-6,11,14-17H,7-10H2,1-2H3. The Morgan fingerprint density at radius 3 is 2.47 bits per heavy atom. The summed E-state index contributed by atoms with van der Waals surface area (Å²) in [4.78, 5) is 0. The second kappa shape index (κ2) is 5.51. The van der Waals surface area contributed by atoms with Gasteiger partial charge >= 0.3 is 0 Å². The average molecular weight is 261 g/mol. The summed E-state index contributed by atoms with van der Waals surface area (Å²) in [6, 6.07) is 8.93. The van der Waals surface area contributed by atoms with Crippen molar-refractivity contribution in [2.24, 2.45) is 5.92 Å². The van der Waals surface area contributed by atoms with E-state index in [1.54, 1.807) is 0 Å². The van der Waals surface area contributed by atoms with Crippen LogP contribution in [0.25, 0.3) is 0 Å². The van der Waals surface area contributed by atoms with E-state index in [1.165, 1.54) is 18.4 Å². The molecule has 19 heavy (non-hydrogen) atoms. The molecule has 1 aromatic carbocycles. The first-order chi connectivity index (χ1) is 9.28. The molecule has 1 aliphatic heterocycles. The lowest BCUT2D eigenvalue weighted by atomic mass is 9.88. The third-order valence-electron chi connectivity index (χ3n) is 4.24. The van der Waals surface area contributed by atoms with Crippen molar-refractivity contribution in [2.45, 2.75) is 44.4 Å². The molecule has 3 rings (SSSR count). The van der Waals surface area contributed by atoms with E-state index < -0.39 is 0 Å². The SMILES string of the molecule is CNC(c1ccc(OC2CC2)cc1)C1CCOC1C. The smallest absolute Gasteiger partial charge is 0.119 e. The number of nitrogens with one attached hydrogen (secondary N) is 1. The molecule has 2 aliphatic rings. The third-order valence-corrected chi connectivity index (χ3v) is 4.24. The number of hydrogen-bond donors (Lipinski definition) is 1. The van der Waals surface area contributed by atoms with E-state index in [4.69, 9.17) is 9.47 Å². The van der Waals surface area contributed by atoms with Gasteiger partial charge in [-0.25, -0.2) is 0 Å². The lowest BCUT2D eigenvalue weighted by Crippen LogP contribution is -2.29. The molecule has 0 aromatic heterocycles. The monoisotopic (exact) mass is 261 g/mol. The van der Waals surface area contributed by atoms with Crippen molar-refractivity contribution in [3.63, 3.8) is 0 Å². The average Bonchev–Trinajstić information content (AvgIpc) is 3.14.